The number of hydrogen-bond acceptors (Lipinski definition) is 2. The molecule has 2 N–H and O–H groups in total. The summed E-state index contributed by atoms with van der Waals surface area (Å²) < 4.78 is 1.85. The summed E-state index contributed by atoms with van der Waals surface area (Å²) in [6.07, 6.45) is 6.15. The minimum atomic E-state index is 0.100. The van der Waals surface area contributed by atoms with Gasteiger partial charge in [0.2, 0.25) is 0 Å². The molecule has 1 saturated carbocycles. The predicted molar refractivity (Wildman–Crippen MR) is 62.1 cm³/mol. The Morgan fingerprint density at radius 1 is 1.60 bits per heavy atom. The van der Waals surface area contributed by atoms with Crippen LogP contribution in [0.25, 0.3) is 0 Å². The van der Waals surface area contributed by atoms with Crippen LogP contribution < -0.4 is 5.73 Å². The van der Waals surface area contributed by atoms with E-state index in [1.165, 1.54) is 0 Å². The van der Waals surface area contributed by atoms with Crippen molar-refractivity contribution in [3.05, 3.63) is 16.9 Å². The van der Waals surface area contributed by atoms with Crippen LogP contribution in [-0.2, 0) is 6.42 Å². The SMILES string of the molecule is CC(C)n1ncc(CCC2(N)CC2)c1Cl. The number of aromatic nitrogens is 2. The second-order valence-electron chi connectivity index (χ2n) is 4.86. The molecular weight excluding hydrogens is 210 g/mol. The fourth-order valence-corrected chi connectivity index (χ4v) is 2.09. The first-order valence-electron chi connectivity index (χ1n) is 5.53. The molecule has 1 aliphatic carbocycles. The largest absolute Gasteiger partial charge is 0.325 e. The fraction of sp³-hybridized carbons (Fsp3) is 0.727. The van der Waals surface area contributed by atoms with Gasteiger partial charge < -0.3 is 5.73 Å². The van der Waals surface area contributed by atoms with Crippen LogP contribution in [0.2, 0.25) is 5.15 Å². The molecule has 1 aromatic heterocycles. The Labute approximate surface area is 95.6 Å². The zero-order valence-electron chi connectivity index (χ0n) is 9.33. The van der Waals surface area contributed by atoms with Crippen LogP contribution in [0, 0.1) is 0 Å². The van der Waals surface area contributed by atoms with Gasteiger partial charge in [-0.15, -0.1) is 0 Å². The summed E-state index contributed by atoms with van der Waals surface area (Å²) in [6.45, 7) is 4.15. The molecule has 0 saturated heterocycles. The quantitative estimate of drug-likeness (QED) is 0.859. The Kier molecular flexibility index (Phi) is 2.77. The van der Waals surface area contributed by atoms with Gasteiger partial charge in [-0.25, -0.2) is 0 Å². The molecule has 0 spiro atoms. The number of hydrogen-bond donors (Lipinski definition) is 1. The van der Waals surface area contributed by atoms with Crippen LogP contribution in [0.4, 0.5) is 0 Å². The van der Waals surface area contributed by atoms with Gasteiger partial charge in [-0.1, -0.05) is 11.6 Å². The molecule has 1 aromatic rings. The summed E-state index contributed by atoms with van der Waals surface area (Å²) in [4.78, 5) is 0. The van der Waals surface area contributed by atoms with Gasteiger partial charge in [0.05, 0.1) is 6.20 Å². The maximum Gasteiger partial charge on any atom is 0.130 e. The minimum Gasteiger partial charge on any atom is -0.325 e. The van der Waals surface area contributed by atoms with E-state index in [9.17, 15) is 0 Å². The Morgan fingerprint density at radius 3 is 2.73 bits per heavy atom. The number of nitrogens with two attached hydrogens (primary N) is 1. The van der Waals surface area contributed by atoms with Crippen molar-refractivity contribution < 1.29 is 0 Å². The first-order chi connectivity index (χ1) is 7.02. The van der Waals surface area contributed by atoms with E-state index in [1.807, 2.05) is 10.9 Å². The van der Waals surface area contributed by atoms with E-state index in [2.05, 4.69) is 18.9 Å². The van der Waals surface area contributed by atoms with Gasteiger partial charge in [-0.05, 0) is 39.5 Å². The smallest absolute Gasteiger partial charge is 0.130 e. The molecule has 1 heterocycles. The third-order valence-electron chi connectivity index (χ3n) is 3.08. The average Bonchev–Trinajstić information content (AvgIpc) is 2.77. The van der Waals surface area contributed by atoms with E-state index in [4.69, 9.17) is 17.3 Å². The van der Waals surface area contributed by atoms with Crippen LogP contribution in [0.5, 0.6) is 0 Å². The van der Waals surface area contributed by atoms with Gasteiger partial charge >= 0.3 is 0 Å². The van der Waals surface area contributed by atoms with Crippen LogP contribution in [0.3, 0.4) is 0 Å². The summed E-state index contributed by atoms with van der Waals surface area (Å²) >= 11 is 6.23. The van der Waals surface area contributed by atoms with Crippen LogP contribution in [-0.4, -0.2) is 15.3 Å². The van der Waals surface area contributed by atoms with Gasteiger partial charge in [-0.3, -0.25) is 4.68 Å². The fourth-order valence-electron chi connectivity index (χ4n) is 1.70. The lowest BCUT2D eigenvalue weighted by Crippen LogP contribution is -2.22. The number of rotatable bonds is 4. The van der Waals surface area contributed by atoms with Crippen LogP contribution in [0.15, 0.2) is 6.20 Å². The van der Waals surface area contributed by atoms with E-state index in [0.29, 0.717) is 6.04 Å². The lowest BCUT2D eigenvalue weighted by atomic mass is 10.1. The van der Waals surface area contributed by atoms with Crippen molar-refractivity contribution in [3.8, 4) is 0 Å². The average molecular weight is 228 g/mol. The van der Waals surface area contributed by atoms with E-state index < -0.39 is 0 Å². The second-order valence-corrected chi connectivity index (χ2v) is 5.22. The molecule has 3 nitrogen and oxygen atoms in total. The Hall–Kier alpha value is -0.540. The first-order valence-corrected chi connectivity index (χ1v) is 5.90. The van der Waals surface area contributed by atoms with Crippen molar-refractivity contribution in [1.29, 1.82) is 0 Å². The van der Waals surface area contributed by atoms with Crippen LogP contribution in [0.1, 0.15) is 44.7 Å². The summed E-state index contributed by atoms with van der Waals surface area (Å²) in [6, 6.07) is 0.319. The normalized spacial score (nSPS) is 18.5. The van der Waals surface area contributed by atoms with Crippen molar-refractivity contribution in [2.24, 2.45) is 5.73 Å². The molecule has 0 unspecified atom stereocenters. The Morgan fingerprint density at radius 2 is 2.27 bits per heavy atom. The zero-order valence-corrected chi connectivity index (χ0v) is 10.1. The van der Waals surface area contributed by atoms with E-state index in [-0.39, 0.29) is 5.54 Å². The molecule has 0 aromatic carbocycles. The lowest BCUT2D eigenvalue weighted by Gasteiger charge is -2.09. The van der Waals surface area contributed by atoms with E-state index >= 15 is 0 Å². The molecular formula is C11H18ClN3. The van der Waals surface area contributed by atoms with Gasteiger partial charge in [0.1, 0.15) is 5.15 Å². The molecule has 0 amide bonds. The Bertz CT molecular complexity index is 353. The van der Waals surface area contributed by atoms with Crippen molar-refractivity contribution >= 4 is 11.6 Å². The summed E-state index contributed by atoms with van der Waals surface area (Å²) in [5.41, 5.74) is 7.27. The van der Waals surface area contributed by atoms with Gasteiger partial charge in [-0.2, -0.15) is 5.10 Å². The van der Waals surface area contributed by atoms with Crippen molar-refractivity contribution in [1.82, 2.24) is 9.78 Å². The number of aryl methyl sites for hydroxylation is 1. The predicted octanol–water partition coefficient (Wildman–Crippen LogP) is 2.54. The summed E-state index contributed by atoms with van der Waals surface area (Å²) in [5, 5.41) is 5.05. The first kappa shape index (κ1) is 11.0. The third-order valence-corrected chi connectivity index (χ3v) is 3.49. The highest BCUT2D eigenvalue weighted by atomic mass is 35.5. The third kappa shape index (κ3) is 2.34. The van der Waals surface area contributed by atoms with Crippen molar-refractivity contribution in [2.45, 2.75) is 51.1 Å². The van der Waals surface area contributed by atoms with Gasteiger partial charge in [0.15, 0.2) is 0 Å². The molecule has 4 heteroatoms. The summed E-state index contributed by atoms with van der Waals surface area (Å²) in [7, 11) is 0. The topological polar surface area (TPSA) is 43.8 Å². The Balaban J connectivity index is 2.02. The number of nitrogens with zero attached hydrogens (tertiary/aromatic N) is 2. The highest BCUT2D eigenvalue weighted by Gasteiger charge is 2.37. The van der Waals surface area contributed by atoms with E-state index in [0.717, 1.165) is 36.4 Å². The highest BCUT2D eigenvalue weighted by Crippen LogP contribution is 2.37. The van der Waals surface area contributed by atoms with Gasteiger partial charge in [0, 0.05) is 17.1 Å². The molecule has 0 aliphatic heterocycles. The van der Waals surface area contributed by atoms with Crippen molar-refractivity contribution in [2.75, 3.05) is 0 Å². The molecule has 0 radical (unpaired) electrons. The highest BCUT2D eigenvalue weighted by molar-refractivity contribution is 6.30. The molecule has 2 rings (SSSR count). The maximum atomic E-state index is 6.23. The lowest BCUT2D eigenvalue weighted by molar-refractivity contribution is 0.532. The second kappa shape index (κ2) is 3.80. The van der Waals surface area contributed by atoms with Crippen LogP contribution >= 0.6 is 11.6 Å². The molecule has 1 aliphatic rings. The monoisotopic (exact) mass is 227 g/mol. The van der Waals surface area contributed by atoms with E-state index in [1.54, 1.807) is 0 Å². The molecule has 0 atom stereocenters. The van der Waals surface area contributed by atoms with Crippen molar-refractivity contribution in [3.63, 3.8) is 0 Å². The maximum absolute atomic E-state index is 6.23. The standard InChI is InChI=1S/C11H18ClN3/c1-8(2)15-10(12)9(7-14-15)3-4-11(13)5-6-11/h7-8H,3-6,13H2,1-2H3. The minimum absolute atomic E-state index is 0.100. The molecule has 84 valence electrons. The molecule has 15 heavy (non-hydrogen) atoms. The zero-order chi connectivity index (χ0) is 11.1. The summed E-state index contributed by atoms with van der Waals surface area (Å²) in [5.74, 6) is 0. The number of halogens is 1. The molecule has 0 bridgehead atoms. The van der Waals surface area contributed by atoms with Gasteiger partial charge in [0.25, 0.3) is 0 Å². The molecule has 1 fully saturated rings.